The van der Waals surface area contributed by atoms with Gasteiger partial charge in [0.25, 0.3) is 5.91 Å². The van der Waals surface area contributed by atoms with Gasteiger partial charge in [0.1, 0.15) is 0 Å². The first-order valence-corrected chi connectivity index (χ1v) is 7.43. The largest absolute Gasteiger partial charge is 0.421 e. The van der Waals surface area contributed by atoms with E-state index in [1.54, 1.807) is 43.3 Å². The van der Waals surface area contributed by atoms with Gasteiger partial charge >= 0.3 is 0 Å². The molecule has 0 saturated heterocycles. The number of carbonyl (C=O) groups excluding carboxylic acids is 1. The summed E-state index contributed by atoms with van der Waals surface area (Å²) in [6.07, 6.45) is 0. The van der Waals surface area contributed by atoms with Gasteiger partial charge in [-0.25, -0.2) is 0 Å². The average Bonchev–Trinajstić information content (AvgIpc) is 3.01. The number of hydrogen-bond acceptors (Lipinski definition) is 4. The third kappa shape index (κ3) is 3.76. The van der Waals surface area contributed by atoms with Crippen molar-refractivity contribution in [2.75, 3.05) is 0 Å². The van der Waals surface area contributed by atoms with Gasteiger partial charge in [0, 0.05) is 29.6 Å². The van der Waals surface area contributed by atoms with Gasteiger partial charge in [-0.2, -0.15) is 0 Å². The van der Waals surface area contributed by atoms with Crippen LogP contribution >= 0.6 is 11.6 Å². The zero-order valence-electron chi connectivity index (χ0n) is 12.4. The number of nitrogens with one attached hydrogen (secondary N) is 1. The first-order valence-electron chi connectivity index (χ1n) is 7.05. The summed E-state index contributed by atoms with van der Waals surface area (Å²) in [7, 11) is 0. The number of halogens is 1. The fourth-order valence-corrected chi connectivity index (χ4v) is 2.19. The third-order valence-corrected chi connectivity index (χ3v) is 3.54. The average molecular weight is 328 g/mol. The Kier molecular flexibility index (Phi) is 4.39. The van der Waals surface area contributed by atoms with Gasteiger partial charge in [-0.05, 0) is 42.0 Å². The van der Waals surface area contributed by atoms with Crippen molar-refractivity contribution in [3.8, 4) is 11.5 Å². The Morgan fingerprint density at radius 1 is 1.09 bits per heavy atom. The summed E-state index contributed by atoms with van der Waals surface area (Å²) >= 11 is 5.83. The second-order valence-electron chi connectivity index (χ2n) is 5.01. The Morgan fingerprint density at radius 2 is 1.78 bits per heavy atom. The maximum atomic E-state index is 12.1. The van der Waals surface area contributed by atoms with E-state index in [0.29, 0.717) is 28.9 Å². The molecule has 6 heteroatoms. The molecule has 3 rings (SSSR count). The highest BCUT2D eigenvalue weighted by atomic mass is 35.5. The third-order valence-electron chi connectivity index (χ3n) is 3.29. The standard InChI is InChI=1S/C17H14ClN3O2/c1-11-20-21-17(23-11)14-6-4-13(5-7-14)16(22)19-10-12-2-8-15(18)9-3-12/h2-9H,10H2,1H3,(H,19,22). The molecule has 0 aliphatic heterocycles. The second-order valence-corrected chi connectivity index (χ2v) is 5.45. The lowest BCUT2D eigenvalue weighted by molar-refractivity contribution is 0.0951. The molecule has 1 N–H and O–H groups in total. The molecule has 5 nitrogen and oxygen atoms in total. The molecule has 1 heterocycles. The van der Waals surface area contributed by atoms with Crippen LogP contribution in [-0.4, -0.2) is 16.1 Å². The van der Waals surface area contributed by atoms with Crippen LogP contribution in [0.3, 0.4) is 0 Å². The maximum Gasteiger partial charge on any atom is 0.251 e. The van der Waals surface area contributed by atoms with Crippen LogP contribution in [0.5, 0.6) is 0 Å². The lowest BCUT2D eigenvalue weighted by Gasteiger charge is -2.06. The molecule has 2 aromatic carbocycles. The van der Waals surface area contributed by atoms with E-state index < -0.39 is 0 Å². The van der Waals surface area contributed by atoms with Crippen LogP contribution in [0.4, 0.5) is 0 Å². The number of aromatic nitrogens is 2. The highest BCUT2D eigenvalue weighted by Crippen LogP contribution is 2.18. The molecular formula is C17H14ClN3O2. The topological polar surface area (TPSA) is 68.0 Å². The normalized spacial score (nSPS) is 10.5. The fourth-order valence-electron chi connectivity index (χ4n) is 2.06. The minimum Gasteiger partial charge on any atom is -0.421 e. The number of aryl methyl sites for hydroxylation is 1. The SMILES string of the molecule is Cc1nnc(-c2ccc(C(=O)NCc3ccc(Cl)cc3)cc2)o1. The molecule has 0 aliphatic carbocycles. The Labute approximate surface area is 138 Å². The van der Waals surface area contributed by atoms with E-state index in [0.717, 1.165) is 11.1 Å². The Bertz CT molecular complexity index is 811. The lowest BCUT2D eigenvalue weighted by atomic mass is 10.1. The van der Waals surface area contributed by atoms with Crippen LogP contribution in [0.15, 0.2) is 52.9 Å². The first-order chi connectivity index (χ1) is 11.1. The summed E-state index contributed by atoms with van der Waals surface area (Å²) < 4.78 is 5.35. The molecule has 0 radical (unpaired) electrons. The van der Waals surface area contributed by atoms with Gasteiger partial charge in [0.2, 0.25) is 11.8 Å². The van der Waals surface area contributed by atoms with Crippen molar-refractivity contribution >= 4 is 17.5 Å². The van der Waals surface area contributed by atoms with Gasteiger partial charge in [-0.1, -0.05) is 23.7 Å². The van der Waals surface area contributed by atoms with Crippen molar-refractivity contribution in [2.24, 2.45) is 0 Å². The Hall–Kier alpha value is -2.66. The summed E-state index contributed by atoms with van der Waals surface area (Å²) in [5, 5.41) is 11.3. The molecule has 0 atom stereocenters. The molecule has 0 saturated carbocycles. The van der Waals surface area contributed by atoms with Crippen LogP contribution in [0.25, 0.3) is 11.5 Å². The van der Waals surface area contributed by atoms with Crippen LogP contribution in [-0.2, 0) is 6.54 Å². The van der Waals surface area contributed by atoms with E-state index >= 15 is 0 Å². The monoisotopic (exact) mass is 327 g/mol. The van der Waals surface area contributed by atoms with Crippen LogP contribution in [0.2, 0.25) is 5.02 Å². The molecular weight excluding hydrogens is 314 g/mol. The summed E-state index contributed by atoms with van der Waals surface area (Å²) in [6.45, 7) is 2.18. The van der Waals surface area contributed by atoms with Gasteiger partial charge in [-0.3, -0.25) is 4.79 Å². The van der Waals surface area contributed by atoms with Crippen molar-refractivity contribution in [1.29, 1.82) is 0 Å². The zero-order valence-corrected chi connectivity index (χ0v) is 13.2. The van der Waals surface area contributed by atoms with E-state index in [-0.39, 0.29) is 5.91 Å². The summed E-state index contributed by atoms with van der Waals surface area (Å²) in [5.74, 6) is 0.800. The molecule has 0 spiro atoms. The summed E-state index contributed by atoms with van der Waals surface area (Å²) in [5.41, 5.74) is 2.33. The molecule has 0 unspecified atom stereocenters. The number of nitrogens with zero attached hydrogens (tertiary/aromatic N) is 2. The van der Waals surface area contributed by atoms with E-state index in [1.165, 1.54) is 0 Å². The van der Waals surface area contributed by atoms with E-state index in [4.69, 9.17) is 16.0 Å². The minimum absolute atomic E-state index is 0.145. The Morgan fingerprint density at radius 3 is 2.39 bits per heavy atom. The van der Waals surface area contributed by atoms with E-state index in [2.05, 4.69) is 15.5 Å². The molecule has 0 bridgehead atoms. The second kappa shape index (κ2) is 6.62. The fraction of sp³-hybridized carbons (Fsp3) is 0.118. The van der Waals surface area contributed by atoms with Gasteiger partial charge < -0.3 is 9.73 Å². The van der Waals surface area contributed by atoms with Gasteiger partial charge in [0.05, 0.1) is 0 Å². The number of hydrogen-bond donors (Lipinski definition) is 1. The van der Waals surface area contributed by atoms with Crippen LogP contribution < -0.4 is 5.32 Å². The summed E-state index contributed by atoms with van der Waals surface area (Å²) in [6, 6.07) is 14.4. The summed E-state index contributed by atoms with van der Waals surface area (Å²) in [4.78, 5) is 12.1. The van der Waals surface area contributed by atoms with Crippen molar-refractivity contribution < 1.29 is 9.21 Å². The van der Waals surface area contributed by atoms with E-state index in [1.807, 2.05) is 12.1 Å². The zero-order chi connectivity index (χ0) is 16.2. The number of amides is 1. The van der Waals surface area contributed by atoms with Crippen molar-refractivity contribution in [2.45, 2.75) is 13.5 Å². The van der Waals surface area contributed by atoms with Gasteiger partial charge in [-0.15, -0.1) is 10.2 Å². The lowest BCUT2D eigenvalue weighted by Crippen LogP contribution is -2.22. The molecule has 1 amide bonds. The molecule has 1 aromatic heterocycles. The number of benzene rings is 2. The predicted octanol–water partition coefficient (Wildman–Crippen LogP) is 3.63. The highest BCUT2D eigenvalue weighted by molar-refractivity contribution is 6.30. The van der Waals surface area contributed by atoms with Crippen molar-refractivity contribution in [3.63, 3.8) is 0 Å². The maximum absolute atomic E-state index is 12.1. The number of carbonyl (C=O) groups is 1. The quantitative estimate of drug-likeness (QED) is 0.794. The molecule has 23 heavy (non-hydrogen) atoms. The number of rotatable bonds is 4. The van der Waals surface area contributed by atoms with Crippen LogP contribution in [0, 0.1) is 6.92 Å². The molecule has 3 aromatic rings. The molecule has 0 fully saturated rings. The van der Waals surface area contributed by atoms with E-state index in [9.17, 15) is 4.79 Å². The Balaban J connectivity index is 1.64. The van der Waals surface area contributed by atoms with Crippen LogP contribution in [0.1, 0.15) is 21.8 Å². The first kappa shape index (κ1) is 15.2. The predicted molar refractivity (Wildman–Crippen MR) is 87.1 cm³/mol. The highest BCUT2D eigenvalue weighted by Gasteiger charge is 2.09. The van der Waals surface area contributed by atoms with Crippen molar-refractivity contribution in [1.82, 2.24) is 15.5 Å². The minimum atomic E-state index is -0.145. The molecule has 0 aliphatic rings. The smallest absolute Gasteiger partial charge is 0.251 e. The van der Waals surface area contributed by atoms with Crippen molar-refractivity contribution in [3.05, 3.63) is 70.6 Å². The molecule has 116 valence electrons. The van der Waals surface area contributed by atoms with Gasteiger partial charge in [0.15, 0.2) is 0 Å².